The molecule has 1 amide bonds. The van der Waals surface area contributed by atoms with Gasteiger partial charge in [-0.05, 0) is 60.0 Å². The van der Waals surface area contributed by atoms with Crippen molar-refractivity contribution in [1.82, 2.24) is 14.8 Å². The fourth-order valence-corrected chi connectivity index (χ4v) is 4.24. The summed E-state index contributed by atoms with van der Waals surface area (Å²) in [6.07, 6.45) is 0.549. The fraction of sp³-hybridized carbons (Fsp3) is 0.192. The molecule has 0 unspecified atom stereocenters. The maximum Gasteiger partial charge on any atom is 0.416 e. The Balaban J connectivity index is 1.34. The molecule has 4 aromatic rings. The van der Waals surface area contributed by atoms with E-state index in [2.05, 4.69) is 10.1 Å². The topological polar surface area (TPSA) is 86.3 Å². The first-order chi connectivity index (χ1) is 17.6. The van der Waals surface area contributed by atoms with Crippen molar-refractivity contribution in [2.24, 2.45) is 7.05 Å². The molecule has 0 bridgehead atoms. The van der Waals surface area contributed by atoms with Gasteiger partial charge in [0, 0.05) is 42.8 Å². The number of anilines is 2. The zero-order valence-electron chi connectivity index (χ0n) is 19.6. The largest absolute Gasteiger partial charge is 0.453 e. The summed E-state index contributed by atoms with van der Waals surface area (Å²) in [7, 11) is 1.81. The minimum Gasteiger partial charge on any atom is -0.453 e. The third-order valence-corrected chi connectivity index (χ3v) is 6.11. The maximum absolute atomic E-state index is 14.2. The summed E-state index contributed by atoms with van der Waals surface area (Å²) in [6, 6.07) is 8.94. The van der Waals surface area contributed by atoms with Crippen LogP contribution in [0.4, 0.5) is 29.1 Å². The van der Waals surface area contributed by atoms with Crippen molar-refractivity contribution in [3.05, 3.63) is 83.6 Å². The standard InChI is InChI=1S/C26H21F4N5O2/c1-34-14-18(13-33-34)17-10-23(25(31)32-12-17)37-20-3-5-22-15(9-20)6-7-35(22)24(36)11-16-8-19(26(28,29)30)2-4-21(16)27/h2-5,8-10,12-14H,6-7,11H2,1H3,(H2,31,32). The number of carbonyl (C=O) groups excluding carboxylic acids is 1. The van der Waals surface area contributed by atoms with Crippen LogP contribution in [-0.4, -0.2) is 27.2 Å². The van der Waals surface area contributed by atoms with E-state index < -0.39 is 29.9 Å². The molecule has 0 fully saturated rings. The monoisotopic (exact) mass is 511 g/mol. The predicted molar refractivity (Wildman–Crippen MR) is 129 cm³/mol. The molecule has 190 valence electrons. The molecule has 2 aromatic carbocycles. The van der Waals surface area contributed by atoms with E-state index in [1.165, 1.54) is 4.90 Å². The highest BCUT2D eigenvalue weighted by Gasteiger charge is 2.32. The predicted octanol–water partition coefficient (Wildman–Crippen LogP) is 5.15. The zero-order valence-corrected chi connectivity index (χ0v) is 19.6. The number of fused-ring (bicyclic) bond motifs is 1. The molecular weight excluding hydrogens is 490 g/mol. The van der Waals surface area contributed by atoms with Crippen molar-refractivity contribution in [2.75, 3.05) is 17.2 Å². The van der Waals surface area contributed by atoms with Crippen molar-refractivity contribution in [2.45, 2.75) is 19.0 Å². The lowest BCUT2D eigenvalue weighted by atomic mass is 10.1. The van der Waals surface area contributed by atoms with Crippen molar-refractivity contribution in [3.8, 4) is 22.6 Å². The van der Waals surface area contributed by atoms with Gasteiger partial charge >= 0.3 is 6.18 Å². The van der Waals surface area contributed by atoms with Gasteiger partial charge in [0.15, 0.2) is 11.6 Å². The molecule has 37 heavy (non-hydrogen) atoms. The molecule has 3 heterocycles. The highest BCUT2D eigenvalue weighted by atomic mass is 19.4. The summed E-state index contributed by atoms with van der Waals surface area (Å²) >= 11 is 0. The Hall–Kier alpha value is -4.41. The average molecular weight is 511 g/mol. The van der Waals surface area contributed by atoms with Crippen LogP contribution in [0, 0.1) is 5.82 Å². The number of carbonyl (C=O) groups is 1. The minimum absolute atomic E-state index is 0.202. The van der Waals surface area contributed by atoms with Crippen LogP contribution in [0.2, 0.25) is 0 Å². The third-order valence-electron chi connectivity index (χ3n) is 6.11. The Morgan fingerprint density at radius 3 is 2.65 bits per heavy atom. The molecule has 0 spiro atoms. The number of amides is 1. The number of ether oxygens (including phenoxy) is 1. The number of nitrogens with two attached hydrogens (primary N) is 1. The van der Waals surface area contributed by atoms with Crippen LogP contribution in [0.3, 0.4) is 0 Å². The first kappa shape index (κ1) is 24.3. The third kappa shape index (κ3) is 4.97. The van der Waals surface area contributed by atoms with Gasteiger partial charge in [-0.2, -0.15) is 18.3 Å². The SMILES string of the molecule is Cn1cc(-c2cnc(N)c(Oc3ccc4c(c3)CCN4C(=O)Cc3cc(C(F)(F)F)ccc3F)c2)cn1. The lowest BCUT2D eigenvalue weighted by Crippen LogP contribution is -2.30. The van der Waals surface area contributed by atoms with Crippen LogP contribution < -0.4 is 15.4 Å². The summed E-state index contributed by atoms with van der Waals surface area (Å²) in [5.74, 6) is -0.318. The molecule has 11 heteroatoms. The quantitative estimate of drug-likeness (QED) is 0.375. The number of aryl methyl sites for hydroxylation is 1. The average Bonchev–Trinajstić information content (AvgIpc) is 3.47. The lowest BCUT2D eigenvalue weighted by Gasteiger charge is -2.18. The first-order valence-corrected chi connectivity index (χ1v) is 11.3. The van der Waals surface area contributed by atoms with E-state index in [9.17, 15) is 22.4 Å². The second-order valence-corrected chi connectivity index (χ2v) is 8.68. The van der Waals surface area contributed by atoms with Gasteiger partial charge in [-0.25, -0.2) is 9.37 Å². The zero-order chi connectivity index (χ0) is 26.3. The summed E-state index contributed by atoms with van der Waals surface area (Å²) in [5, 5.41) is 4.15. The van der Waals surface area contributed by atoms with Crippen LogP contribution >= 0.6 is 0 Å². The van der Waals surface area contributed by atoms with Crippen LogP contribution in [0.5, 0.6) is 11.5 Å². The van der Waals surface area contributed by atoms with E-state index in [1.54, 1.807) is 48.4 Å². The number of hydrogen-bond acceptors (Lipinski definition) is 5. The number of alkyl halides is 3. The van der Waals surface area contributed by atoms with Crippen LogP contribution in [0.15, 0.2) is 61.1 Å². The molecule has 7 nitrogen and oxygen atoms in total. The van der Waals surface area contributed by atoms with Crippen molar-refractivity contribution < 1.29 is 27.1 Å². The smallest absolute Gasteiger partial charge is 0.416 e. The number of rotatable bonds is 5. The van der Waals surface area contributed by atoms with E-state index in [0.717, 1.165) is 22.8 Å². The Labute approximate surface area is 209 Å². The van der Waals surface area contributed by atoms with E-state index >= 15 is 0 Å². The van der Waals surface area contributed by atoms with E-state index in [-0.39, 0.29) is 11.4 Å². The molecule has 0 atom stereocenters. The number of hydrogen-bond donors (Lipinski definition) is 1. The van der Waals surface area contributed by atoms with Crippen LogP contribution in [0.25, 0.3) is 11.1 Å². The van der Waals surface area contributed by atoms with Gasteiger partial charge < -0.3 is 15.4 Å². The number of nitrogens with zero attached hydrogens (tertiary/aromatic N) is 4. The molecule has 0 saturated carbocycles. The van der Waals surface area contributed by atoms with E-state index in [4.69, 9.17) is 10.5 Å². The molecule has 1 aliphatic rings. The lowest BCUT2D eigenvalue weighted by molar-refractivity contribution is -0.137. The van der Waals surface area contributed by atoms with Gasteiger partial charge in [-0.3, -0.25) is 9.48 Å². The first-order valence-electron chi connectivity index (χ1n) is 11.3. The number of aromatic nitrogens is 3. The number of halogens is 4. The van der Waals surface area contributed by atoms with E-state index in [1.807, 2.05) is 6.20 Å². The van der Waals surface area contributed by atoms with E-state index in [0.29, 0.717) is 42.3 Å². The van der Waals surface area contributed by atoms with Crippen molar-refractivity contribution >= 4 is 17.4 Å². The van der Waals surface area contributed by atoms with Crippen LogP contribution in [-0.2, 0) is 30.9 Å². The van der Waals surface area contributed by atoms with Gasteiger partial charge in [-0.15, -0.1) is 0 Å². The Kier molecular flexibility index (Phi) is 6.06. The Morgan fingerprint density at radius 2 is 1.92 bits per heavy atom. The van der Waals surface area contributed by atoms with Gasteiger partial charge in [0.2, 0.25) is 5.91 Å². The normalized spacial score (nSPS) is 13.1. The van der Waals surface area contributed by atoms with Gasteiger partial charge in [-0.1, -0.05) is 0 Å². The highest BCUT2D eigenvalue weighted by Crippen LogP contribution is 2.36. The molecular formula is C26H21F4N5O2. The molecule has 2 aromatic heterocycles. The van der Waals surface area contributed by atoms with Gasteiger partial charge in [0.1, 0.15) is 11.6 Å². The molecule has 0 radical (unpaired) electrons. The molecule has 5 rings (SSSR count). The highest BCUT2D eigenvalue weighted by molar-refractivity contribution is 5.97. The molecule has 2 N–H and O–H groups in total. The fourth-order valence-electron chi connectivity index (χ4n) is 4.24. The summed E-state index contributed by atoms with van der Waals surface area (Å²) in [4.78, 5) is 18.5. The molecule has 1 aliphatic heterocycles. The number of nitrogen functional groups attached to an aromatic ring is 1. The second kappa shape index (κ2) is 9.23. The molecule has 0 saturated heterocycles. The van der Waals surface area contributed by atoms with Gasteiger partial charge in [0.05, 0.1) is 18.2 Å². The maximum atomic E-state index is 14.2. The van der Waals surface area contributed by atoms with Crippen molar-refractivity contribution in [1.29, 1.82) is 0 Å². The second-order valence-electron chi connectivity index (χ2n) is 8.68. The minimum atomic E-state index is -4.63. The van der Waals surface area contributed by atoms with Crippen LogP contribution in [0.1, 0.15) is 16.7 Å². The summed E-state index contributed by atoms with van der Waals surface area (Å²) < 4.78 is 60.9. The number of benzene rings is 2. The summed E-state index contributed by atoms with van der Waals surface area (Å²) in [5.41, 5.74) is 7.74. The molecule has 0 aliphatic carbocycles. The van der Waals surface area contributed by atoms with Crippen molar-refractivity contribution in [3.63, 3.8) is 0 Å². The Morgan fingerprint density at radius 1 is 1.11 bits per heavy atom. The Bertz CT molecular complexity index is 1500. The summed E-state index contributed by atoms with van der Waals surface area (Å²) in [6.45, 7) is 0.318. The van der Waals surface area contributed by atoms with Gasteiger partial charge in [0.25, 0.3) is 0 Å². The number of pyridine rings is 1.